The van der Waals surface area contributed by atoms with Crippen LogP contribution in [-0.4, -0.2) is 29.9 Å². The highest BCUT2D eigenvalue weighted by Crippen LogP contribution is 2.61. The highest BCUT2D eigenvalue weighted by atomic mass is 15.0. The van der Waals surface area contributed by atoms with Crippen LogP contribution in [0, 0.1) is 0 Å². The smallest absolute Gasteiger partial charge is 0.164 e. The molecule has 2 heterocycles. The normalized spacial score (nSPS) is 13.9. The Morgan fingerprint density at radius 3 is 1.16 bits per heavy atom. The third-order valence-electron chi connectivity index (χ3n) is 13.3. The van der Waals surface area contributed by atoms with Crippen LogP contribution < -0.4 is 0 Å². The van der Waals surface area contributed by atoms with Crippen molar-refractivity contribution in [3.8, 4) is 90.6 Å². The van der Waals surface area contributed by atoms with Crippen LogP contribution in [0.2, 0.25) is 0 Å². The van der Waals surface area contributed by atoms with E-state index in [2.05, 4.69) is 137 Å². The highest BCUT2D eigenvalue weighted by Gasteiger charge is 2.46. The van der Waals surface area contributed by atoms with Gasteiger partial charge in [-0.15, -0.1) is 0 Å². The quantitative estimate of drug-likeness (QED) is 0.166. The zero-order valence-electron chi connectivity index (χ0n) is 36.0. The van der Waals surface area contributed by atoms with E-state index in [0.717, 1.165) is 38.8 Å². The third kappa shape index (κ3) is 5.86. The molecule has 2 aliphatic carbocycles. The average Bonchev–Trinajstić information content (AvgIpc) is 3.73. The topological polar surface area (TPSA) is 77.3 Å². The zero-order valence-corrected chi connectivity index (χ0v) is 36.0. The van der Waals surface area contributed by atoms with Crippen LogP contribution in [0.3, 0.4) is 0 Å². The fraction of sp³-hybridized carbons (Fsp3) is 0.103. The van der Waals surface area contributed by atoms with Crippen molar-refractivity contribution in [2.75, 3.05) is 0 Å². The van der Waals surface area contributed by atoms with Crippen molar-refractivity contribution < 1.29 is 0 Å². The molecule has 0 saturated heterocycles. The molecule has 6 nitrogen and oxygen atoms in total. The van der Waals surface area contributed by atoms with Gasteiger partial charge in [-0.05, 0) is 67.4 Å². The first-order valence-electron chi connectivity index (χ1n) is 21.9. The minimum atomic E-state index is -0.349. The molecule has 10 aromatic rings. The Bertz CT molecular complexity index is 3360. The van der Waals surface area contributed by atoms with E-state index in [-0.39, 0.29) is 10.8 Å². The van der Waals surface area contributed by atoms with Gasteiger partial charge in [-0.1, -0.05) is 198 Å². The molecule has 0 N–H and O–H groups in total. The van der Waals surface area contributed by atoms with Crippen LogP contribution >= 0.6 is 0 Å². The lowest BCUT2D eigenvalue weighted by Gasteiger charge is -2.31. The maximum Gasteiger partial charge on any atom is 0.164 e. The lowest BCUT2D eigenvalue weighted by atomic mass is 9.72. The summed E-state index contributed by atoms with van der Waals surface area (Å²) >= 11 is 0. The van der Waals surface area contributed by atoms with Gasteiger partial charge in [0.1, 0.15) is 0 Å². The summed E-state index contributed by atoms with van der Waals surface area (Å²) in [6, 6.07) is 63.3. The summed E-state index contributed by atoms with van der Waals surface area (Å²) in [6.07, 6.45) is 0. The Balaban J connectivity index is 1.01. The summed E-state index contributed by atoms with van der Waals surface area (Å²) in [7, 11) is 0. The van der Waals surface area contributed by atoms with E-state index in [9.17, 15) is 0 Å². The predicted molar refractivity (Wildman–Crippen MR) is 258 cm³/mol. The molecule has 0 aliphatic heterocycles. The second kappa shape index (κ2) is 14.3. The summed E-state index contributed by atoms with van der Waals surface area (Å²) < 4.78 is 0. The van der Waals surface area contributed by atoms with Gasteiger partial charge < -0.3 is 0 Å². The SMILES string of the molecule is CC1(C)c2cc(-c3nc(-c4ccccc4)nc(-c4ccccc4)n3)ccc2-c2ccc3c(c21)C(C)(C)c1cc(-c2nc(-c4ccccc4)nc(-c4ccccc4)n2)c2ccccc2c1-3. The van der Waals surface area contributed by atoms with Crippen molar-refractivity contribution in [3.63, 3.8) is 0 Å². The van der Waals surface area contributed by atoms with E-state index < -0.39 is 0 Å². The summed E-state index contributed by atoms with van der Waals surface area (Å²) in [6.45, 7) is 9.54. The Morgan fingerprint density at radius 2 is 0.656 bits per heavy atom. The van der Waals surface area contributed by atoms with Crippen molar-refractivity contribution in [3.05, 3.63) is 204 Å². The van der Waals surface area contributed by atoms with E-state index in [1.807, 2.05) is 72.8 Å². The Hall–Kier alpha value is -7.96. The summed E-state index contributed by atoms with van der Waals surface area (Å²) in [5.41, 5.74) is 15.4. The molecule has 0 saturated carbocycles. The molecule has 6 heteroatoms. The van der Waals surface area contributed by atoms with Crippen molar-refractivity contribution in [2.24, 2.45) is 0 Å². The molecule has 0 atom stereocenters. The van der Waals surface area contributed by atoms with Gasteiger partial charge >= 0.3 is 0 Å². The van der Waals surface area contributed by atoms with Crippen LogP contribution in [0.4, 0.5) is 0 Å². The molecule has 304 valence electrons. The number of hydrogen-bond donors (Lipinski definition) is 0. The number of rotatable bonds is 6. The third-order valence-corrected chi connectivity index (χ3v) is 13.3. The molecule has 0 fully saturated rings. The van der Waals surface area contributed by atoms with Gasteiger partial charge in [0.2, 0.25) is 0 Å². The molecule has 64 heavy (non-hydrogen) atoms. The van der Waals surface area contributed by atoms with Gasteiger partial charge in [0.25, 0.3) is 0 Å². The maximum atomic E-state index is 5.22. The number of fused-ring (bicyclic) bond motifs is 9. The minimum Gasteiger partial charge on any atom is -0.208 e. The summed E-state index contributed by atoms with van der Waals surface area (Å²) in [5, 5.41) is 2.31. The lowest BCUT2D eigenvalue weighted by Crippen LogP contribution is -2.24. The first kappa shape index (κ1) is 37.8. The first-order valence-corrected chi connectivity index (χ1v) is 21.9. The van der Waals surface area contributed by atoms with Gasteiger partial charge in [0, 0.05) is 44.2 Å². The van der Waals surface area contributed by atoms with Crippen LogP contribution in [0.25, 0.3) is 101 Å². The molecule has 12 rings (SSSR count). The standard InChI is InChI=1S/C58H42N6/c1-57(2)46-33-39(55-61-51(35-19-9-5-10-20-35)59-52(62-55)36-21-11-6-12-22-36)29-30-41(46)43-31-32-44-48-42-28-18-17-27-40(42)45(34-47(48)58(3,4)50(44)49(43)57)56-63-53(37-23-13-7-14-24-37)60-54(64-56)38-25-15-8-16-26-38/h5-34H,1-4H3. The van der Waals surface area contributed by atoms with Crippen molar-refractivity contribution >= 4 is 10.8 Å². The molecular weight excluding hydrogens is 781 g/mol. The number of hydrogen-bond acceptors (Lipinski definition) is 6. The van der Waals surface area contributed by atoms with E-state index in [1.54, 1.807) is 0 Å². The largest absolute Gasteiger partial charge is 0.208 e. The first-order chi connectivity index (χ1) is 31.2. The molecule has 0 radical (unpaired) electrons. The average molecular weight is 823 g/mol. The van der Waals surface area contributed by atoms with Gasteiger partial charge in [0.15, 0.2) is 34.9 Å². The number of benzene rings is 8. The van der Waals surface area contributed by atoms with Gasteiger partial charge in [-0.3, -0.25) is 0 Å². The second-order valence-electron chi connectivity index (χ2n) is 17.9. The fourth-order valence-electron chi connectivity index (χ4n) is 10.2. The van der Waals surface area contributed by atoms with Crippen molar-refractivity contribution in [1.82, 2.24) is 29.9 Å². The van der Waals surface area contributed by atoms with Crippen LogP contribution in [0.5, 0.6) is 0 Å². The lowest BCUT2D eigenvalue weighted by molar-refractivity contribution is 0.601. The van der Waals surface area contributed by atoms with Gasteiger partial charge in [-0.25, -0.2) is 29.9 Å². The number of aromatic nitrogens is 6. The molecular formula is C58H42N6. The van der Waals surface area contributed by atoms with Crippen LogP contribution in [-0.2, 0) is 10.8 Å². The fourth-order valence-corrected chi connectivity index (χ4v) is 10.2. The molecule has 0 unspecified atom stereocenters. The van der Waals surface area contributed by atoms with E-state index in [0.29, 0.717) is 34.9 Å². The van der Waals surface area contributed by atoms with Crippen molar-refractivity contribution in [1.29, 1.82) is 0 Å². The Kier molecular flexibility index (Phi) is 8.44. The molecule has 0 bridgehead atoms. The van der Waals surface area contributed by atoms with Crippen LogP contribution in [0.1, 0.15) is 49.9 Å². The molecule has 2 aromatic heterocycles. The highest BCUT2D eigenvalue weighted by molar-refractivity contribution is 6.09. The Morgan fingerprint density at radius 1 is 0.281 bits per heavy atom. The maximum absolute atomic E-state index is 5.22. The second-order valence-corrected chi connectivity index (χ2v) is 17.9. The summed E-state index contributed by atoms with van der Waals surface area (Å²) in [5.74, 6) is 3.93. The predicted octanol–water partition coefficient (Wildman–Crippen LogP) is 13.8. The van der Waals surface area contributed by atoms with Crippen LogP contribution in [0.15, 0.2) is 182 Å². The molecule has 2 aliphatic rings. The zero-order chi connectivity index (χ0) is 43.2. The molecule has 0 spiro atoms. The van der Waals surface area contributed by atoms with E-state index in [1.165, 1.54) is 49.9 Å². The van der Waals surface area contributed by atoms with Gasteiger partial charge in [0.05, 0.1) is 0 Å². The molecule has 0 amide bonds. The van der Waals surface area contributed by atoms with E-state index >= 15 is 0 Å². The molecule has 8 aromatic carbocycles. The van der Waals surface area contributed by atoms with Crippen molar-refractivity contribution in [2.45, 2.75) is 38.5 Å². The van der Waals surface area contributed by atoms with E-state index in [4.69, 9.17) is 29.9 Å². The monoisotopic (exact) mass is 822 g/mol. The number of nitrogens with zero attached hydrogens (tertiary/aromatic N) is 6. The van der Waals surface area contributed by atoms with Gasteiger partial charge in [-0.2, -0.15) is 0 Å². The Labute approximate surface area is 372 Å². The summed E-state index contributed by atoms with van der Waals surface area (Å²) in [4.78, 5) is 30.6. The minimum absolute atomic E-state index is 0.328.